The molecule has 0 saturated carbocycles. The first-order chi connectivity index (χ1) is 12.4. The Morgan fingerprint density at radius 2 is 1.65 bits per heavy atom. The fourth-order valence-electron chi connectivity index (χ4n) is 3.81. The van der Waals surface area contributed by atoms with Crippen LogP contribution in [0.15, 0.2) is 40.8 Å². The first-order valence-electron chi connectivity index (χ1n) is 8.73. The van der Waals surface area contributed by atoms with Gasteiger partial charge in [0.1, 0.15) is 18.2 Å². The van der Waals surface area contributed by atoms with E-state index in [0.717, 1.165) is 33.2 Å². The molecule has 0 saturated heterocycles. The monoisotopic (exact) mass is 341 g/mol. The van der Waals surface area contributed by atoms with Gasteiger partial charge in [0.15, 0.2) is 5.69 Å². The molecule has 0 aliphatic carbocycles. The Morgan fingerprint density at radius 1 is 0.923 bits per heavy atom. The highest BCUT2D eigenvalue weighted by Crippen LogP contribution is 2.41. The second-order valence-electron chi connectivity index (χ2n) is 7.07. The molecule has 0 spiro atoms. The van der Waals surface area contributed by atoms with Gasteiger partial charge < -0.3 is 4.42 Å². The molecular formula is C23H21N2O+. The van der Waals surface area contributed by atoms with Crippen molar-refractivity contribution in [3.05, 3.63) is 70.2 Å². The summed E-state index contributed by atoms with van der Waals surface area (Å²) in [5.74, 6) is 0. The standard InChI is InChI=1S/C23H21N2O/c1-13-11-16(4)25(6)19(12-13)21-15(3)7-9-17-20-14(2)8-10-18(24-5)23(20)26-22(17)21/h7-12H,1-4,6H3/q+1. The van der Waals surface area contributed by atoms with E-state index in [-0.39, 0.29) is 0 Å². The van der Waals surface area contributed by atoms with Crippen LogP contribution in [0.3, 0.4) is 0 Å². The highest BCUT2D eigenvalue weighted by Gasteiger charge is 2.23. The SMILES string of the molecule is [C-]#[N+]c1ccc(C)c2c1oc1c(-c3cc(C)cc(C)[n+]3C)c(C)ccc12. The van der Waals surface area contributed by atoms with E-state index in [1.807, 2.05) is 12.1 Å². The average molecular weight is 341 g/mol. The van der Waals surface area contributed by atoms with E-state index in [9.17, 15) is 0 Å². The molecule has 2 aromatic carbocycles. The van der Waals surface area contributed by atoms with E-state index in [1.54, 1.807) is 0 Å². The Kier molecular flexibility index (Phi) is 3.59. The van der Waals surface area contributed by atoms with Crippen LogP contribution in [-0.4, -0.2) is 0 Å². The number of nitrogens with zero attached hydrogens (tertiary/aromatic N) is 2. The number of hydrogen-bond acceptors (Lipinski definition) is 1. The van der Waals surface area contributed by atoms with Crippen LogP contribution < -0.4 is 4.57 Å². The van der Waals surface area contributed by atoms with Gasteiger partial charge in [-0.3, -0.25) is 0 Å². The quantitative estimate of drug-likeness (QED) is 0.314. The molecule has 4 rings (SSSR count). The van der Waals surface area contributed by atoms with Crippen LogP contribution in [0.5, 0.6) is 0 Å². The second kappa shape index (κ2) is 5.71. The topological polar surface area (TPSA) is 21.4 Å². The average Bonchev–Trinajstić information content (AvgIpc) is 2.99. The van der Waals surface area contributed by atoms with Gasteiger partial charge in [0.05, 0.1) is 12.1 Å². The van der Waals surface area contributed by atoms with Gasteiger partial charge in [-0.1, -0.05) is 24.3 Å². The molecule has 0 bridgehead atoms. The number of aromatic nitrogens is 1. The molecule has 2 aromatic heterocycles. The summed E-state index contributed by atoms with van der Waals surface area (Å²) in [4.78, 5) is 3.66. The van der Waals surface area contributed by atoms with Crippen LogP contribution >= 0.6 is 0 Å². The van der Waals surface area contributed by atoms with E-state index in [2.05, 4.69) is 68.4 Å². The maximum absolute atomic E-state index is 7.48. The van der Waals surface area contributed by atoms with Crippen molar-refractivity contribution in [3.63, 3.8) is 0 Å². The van der Waals surface area contributed by atoms with E-state index in [0.29, 0.717) is 11.3 Å². The number of hydrogen-bond donors (Lipinski definition) is 0. The first-order valence-corrected chi connectivity index (χ1v) is 8.73. The molecule has 2 heterocycles. The van der Waals surface area contributed by atoms with Crippen molar-refractivity contribution in [1.29, 1.82) is 0 Å². The zero-order valence-corrected chi connectivity index (χ0v) is 15.8. The lowest BCUT2D eigenvalue weighted by atomic mass is 9.98. The Morgan fingerprint density at radius 3 is 2.38 bits per heavy atom. The predicted molar refractivity (Wildman–Crippen MR) is 106 cm³/mol. The molecule has 3 nitrogen and oxygen atoms in total. The Balaban J connectivity index is 2.22. The number of rotatable bonds is 1. The zero-order valence-electron chi connectivity index (χ0n) is 15.8. The molecule has 0 fully saturated rings. The summed E-state index contributed by atoms with van der Waals surface area (Å²) in [5.41, 5.74) is 9.07. The minimum atomic E-state index is 0.565. The third-order valence-corrected chi connectivity index (χ3v) is 5.25. The molecule has 0 unspecified atom stereocenters. The molecule has 0 aliphatic heterocycles. The molecule has 4 aromatic rings. The molecule has 0 atom stereocenters. The van der Waals surface area contributed by atoms with E-state index in [4.69, 9.17) is 11.0 Å². The van der Waals surface area contributed by atoms with Crippen molar-refractivity contribution < 1.29 is 8.98 Å². The molecule has 0 N–H and O–H groups in total. The first kappa shape index (κ1) is 16.4. The van der Waals surface area contributed by atoms with Gasteiger partial charge in [0.25, 0.3) is 0 Å². The number of pyridine rings is 1. The number of furan rings is 1. The summed E-state index contributed by atoms with van der Waals surface area (Å²) >= 11 is 0. The van der Waals surface area contributed by atoms with Crippen molar-refractivity contribution in [2.24, 2.45) is 7.05 Å². The zero-order chi connectivity index (χ0) is 18.6. The highest BCUT2D eigenvalue weighted by molar-refractivity contribution is 6.14. The molecule has 0 aliphatic rings. The van der Waals surface area contributed by atoms with Gasteiger partial charge in [-0.15, -0.1) is 0 Å². The third-order valence-electron chi connectivity index (χ3n) is 5.25. The van der Waals surface area contributed by atoms with Crippen molar-refractivity contribution in [1.82, 2.24) is 0 Å². The summed E-state index contributed by atoms with van der Waals surface area (Å²) in [6.07, 6.45) is 0. The van der Waals surface area contributed by atoms with Crippen LogP contribution in [0, 0.1) is 34.3 Å². The van der Waals surface area contributed by atoms with Crippen molar-refractivity contribution in [2.45, 2.75) is 27.7 Å². The van der Waals surface area contributed by atoms with Crippen LogP contribution in [0.25, 0.3) is 38.0 Å². The predicted octanol–water partition coefficient (Wildman–Crippen LogP) is 5.86. The normalized spacial score (nSPS) is 11.2. The summed E-state index contributed by atoms with van der Waals surface area (Å²) < 4.78 is 8.53. The lowest BCUT2D eigenvalue weighted by Crippen LogP contribution is -2.35. The second-order valence-corrected chi connectivity index (χ2v) is 7.07. The van der Waals surface area contributed by atoms with Gasteiger partial charge >= 0.3 is 0 Å². The summed E-state index contributed by atoms with van der Waals surface area (Å²) in [6, 6.07) is 12.5. The lowest BCUT2D eigenvalue weighted by Gasteiger charge is -2.08. The number of fused-ring (bicyclic) bond motifs is 3. The van der Waals surface area contributed by atoms with Gasteiger partial charge in [-0.25, -0.2) is 4.85 Å². The lowest BCUT2D eigenvalue weighted by molar-refractivity contribution is -0.666. The van der Waals surface area contributed by atoms with E-state index in [1.165, 1.54) is 16.8 Å². The number of benzene rings is 2. The fourth-order valence-corrected chi connectivity index (χ4v) is 3.81. The van der Waals surface area contributed by atoms with Gasteiger partial charge in [-0.05, 0) is 37.5 Å². The molecule has 0 amide bonds. The summed E-state index contributed by atoms with van der Waals surface area (Å²) in [5, 5.41) is 2.12. The fraction of sp³-hybridized carbons (Fsp3) is 0.217. The Bertz CT molecular complexity index is 1240. The van der Waals surface area contributed by atoms with Gasteiger partial charge in [0.2, 0.25) is 11.4 Å². The van der Waals surface area contributed by atoms with Crippen LogP contribution in [0.2, 0.25) is 0 Å². The van der Waals surface area contributed by atoms with Crippen LogP contribution in [-0.2, 0) is 7.05 Å². The molecular weight excluding hydrogens is 320 g/mol. The van der Waals surface area contributed by atoms with Gasteiger partial charge in [-0.2, -0.15) is 4.57 Å². The van der Waals surface area contributed by atoms with Crippen molar-refractivity contribution in [3.8, 4) is 11.3 Å². The minimum Gasteiger partial charge on any atom is -0.466 e. The van der Waals surface area contributed by atoms with E-state index < -0.39 is 0 Å². The smallest absolute Gasteiger partial charge is 0.229 e. The highest BCUT2D eigenvalue weighted by atomic mass is 16.3. The Labute approximate surface area is 153 Å². The largest absolute Gasteiger partial charge is 0.466 e. The van der Waals surface area contributed by atoms with E-state index >= 15 is 0 Å². The maximum Gasteiger partial charge on any atom is 0.229 e. The van der Waals surface area contributed by atoms with Crippen LogP contribution in [0.1, 0.15) is 22.4 Å². The molecule has 128 valence electrons. The molecule has 3 heteroatoms. The maximum atomic E-state index is 7.48. The van der Waals surface area contributed by atoms with Crippen LogP contribution in [0.4, 0.5) is 5.69 Å². The summed E-state index contributed by atoms with van der Waals surface area (Å²) in [7, 11) is 2.08. The molecule has 26 heavy (non-hydrogen) atoms. The minimum absolute atomic E-state index is 0.565. The van der Waals surface area contributed by atoms with Crippen molar-refractivity contribution in [2.75, 3.05) is 0 Å². The van der Waals surface area contributed by atoms with Gasteiger partial charge in [0, 0.05) is 29.8 Å². The molecule has 0 radical (unpaired) electrons. The third kappa shape index (κ3) is 2.23. The Hall–Kier alpha value is -3.12. The summed E-state index contributed by atoms with van der Waals surface area (Å²) in [6.45, 7) is 15.9. The van der Waals surface area contributed by atoms with Crippen molar-refractivity contribution >= 4 is 27.6 Å². The number of aryl methyl sites for hydroxylation is 4.